The molecule has 4 rings (SSSR count). The molecule has 1 aliphatic rings. The van der Waals surface area contributed by atoms with E-state index in [4.69, 9.17) is 17.3 Å². The number of nitrogens with zero attached hydrogens (tertiary/aromatic N) is 5. The van der Waals surface area contributed by atoms with Gasteiger partial charge < -0.3 is 10.6 Å². The van der Waals surface area contributed by atoms with Gasteiger partial charge in [-0.1, -0.05) is 17.7 Å². The summed E-state index contributed by atoms with van der Waals surface area (Å²) in [6.07, 6.45) is 2.96. The maximum Gasteiger partial charge on any atom is 0.333 e. The zero-order chi connectivity index (χ0) is 23.0. The Morgan fingerprint density at radius 2 is 1.88 bits per heavy atom. The Bertz CT molecular complexity index is 1290. The van der Waals surface area contributed by atoms with Gasteiger partial charge in [0.05, 0.1) is 6.54 Å². The number of piperidine rings is 1. The van der Waals surface area contributed by atoms with E-state index in [9.17, 15) is 18.8 Å². The van der Waals surface area contributed by atoms with Gasteiger partial charge in [0, 0.05) is 30.2 Å². The van der Waals surface area contributed by atoms with Crippen LogP contribution in [0.2, 0.25) is 5.02 Å². The van der Waals surface area contributed by atoms with Crippen molar-refractivity contribution < 1.29 is 9.18 Å². The molecule has 3 heterocycles. The zero-order valence-electron chi connectivity index (χ0n) is 17.7. The van der Waals surface area contributed by atoms with Crippen molar-refractivity contribution in [2.45, 2.75) is 45.8 Å². The highest BCUT2D eigenvalue weighted by atomic mass is 35.5. The van der Waals surface area contributed by atoms with Crippen molar-refractivity contribution >= 4 is 34.6 Å². The third kappa shape index (κ3) is 3.79. The summed E-state index contributed by atoms with van der Waals surface area (Å²) < 4.78 is 18.4. The number of halogens is 2. The lowest BCUT2D eigenvalue weighted by Crippen LogP contribution is -2.42. The van der Waals surface area contributed by atoms with Crippen LogP contribution in [0.3, 0.4) is 0 Å². The lowest BCUT2D eigenvalue weighted by Gasteiger charge is -2.28. The molecular formula is C21H24ClFN6O3. The van der Waals surface area contributed by atoms with E-state index in [1.807, 2.05) is 4.90 Å². The fraction of sp³-hybridized carbons (Fsp3) is 0.429. The van der Waals surface area contributed by atoms with Crippen LogP contribution < -0.4 is 21.9 Å². The van der Waals surface area contributed by atoms with Gasteiger partial charge in [-0.3, -0.25) is 23.3 Å². The molecule has 0 saturated carbocycles. The molecule has 3 aromatic rings. The third-order valence-corrected chi connectivity index (χ3v) is 6.10. The Labute approximate surface area is 187 Å². The molecule has 0 bridgehead atoms. The molecule has 32 heavy (non-hydrogen) atoms. The molecule has 0 spiro atoms. The minimum Gasteiger partial charge on any atom is -0.368 e. The van der Waals surface area contributed by atoms with Crippen LogP contribution in [0.5, 0.6) is 0 Å². The first-order chi connectivity index (χ1) is 15.3. The van der Waals surface area contributed by atoms with Crippen LogP contribution in [0.4, 0.5) is 10.3 Å². The Morgan fingerprint density at radius 3 is 2.50 bits per heavy atom. The molecule has 11 heteroatoms. The Balaban J connectivity index is 2.05. The van der Waals surface area contributed by atoms with Crippen molar-refractivity contribution in [2.24, 2.45) is 5.73 Å². The normalized spacial score (nSPS) is 14.3. The second-order valence-electron chi connectivity index (χ2n) is 7.80. The quantitative estimate of drug-likeness (QED) is 0.599. The van der Waals surface area contributed by atoms with Crippen LogP contribution >= 0.6 is 11.6 Å². The number of aromatic nitrogens is 4. The maximum atomic E-state index is 14.6. The first-order valence-corrected chi connectivity index (χ1v) is 10.9. The van der Waals surface area contributed by atoms with Crippen molar-refractivity contribution in [3.8, 4) is 0 Å². The minimum absolute atomic E-state index is 0.0523. The molecule has 0 unspecified atom stereocenters. The first kappa shape index (κ1) is 22.1. The van der Waals surface area contributed by atoms with Crippen LogP contribution in [0.15, 0.2) is 27.8 Å². The van der Waals surface area contributed by atoms with Gasteiger partial charge in [-0.05, 0) is 38.3 Å². The fourth-order valence-corrected chi connectivity index (χ4v) is 4.41. The van der Waals surface area contributed by atoms with Crippen LogP contribution in [0.25, 0.3) is 11.2 Å². The molecule has 1 amide bonds. The van der Waals surface area contributed by atoms with Crippen LogP contribution in [0, 0.1) is 5.82 Å². The fourth-order valence-electron chi connectivity index (χ4n) is 4.18. The molecule has 2 aromatic heterocycles. The van der Waals surface area contributed by atoms with Gasteiger partial charge in [0.2, 0.25) is 11.9 Å². The lowest BCUT2D eigenvalue weighted by molar-refractivity contribution is -0.118. The number of carbonyl (C=O) groups is 1. The molecule has 170 valence electrons. The van der Waals surface area contributed by atoms with Gasteiger partial charge in [-0.15, -0.1) is 0 Å². The average Bonchev–Trinajstić information content (AvgIpc) is 3.14. The van der Waals surface area contributed by atoms with E-state index in [0.29, 0.717) is 19.0 Å². The van der Waals surface area contributed by atoms with Crippen molar-refractivity contribution in [3.63, 3.8) is 0 Å². The van der Waals surface area contributed by atoms with Gasteiger partial charge in [0.25, 0.3) is 5.56 Å². The highest BCUT2D eigenvalue weighted by Gasteiger charge is 2.26. The predicted octanol–water partition coefficient (Wildman–Crippen LogP) is 1.70. The van der Waals surface area contributed by atoms with Crippen LogP contribution in [-0.2, 0) is 24.4 Å². The van der Waals surface area contributed by atoms with E-state index in [1.165, 1.54) is 12.1 Å². The molecular weight excluding hydrogens is 439 g/mol. The number of anilines is 1. The summed E-state index contributed by atoms with van der Waals surface area (Å²) in [6, 6.07) is 4.38. The number of rotatable bonds is 6. The molecule has 1 aromatic carbocycles. The molecule has 1 saturated heterocycles. The summed E-state index contributed by atoms with van der Waals surface area (Å²) in [4.78, 5) is 44.5. The second kappa shape index (κ2) is 8.78. The summed E-state index contributed by atoms with van der Waals surface area (Å²) in [5.74, 6) is -0.811. The van der Waals surface area contributed by atoms with Gasteiger partial charge in [0.15, 0.2) is 11.2 Å². The molecule has 0 atom stereocenters. The summed E-state index contributed by atoms with van der Waals surface area (Å²) in [6.45, 7) is 2.68. The van der Waals surface area contributed by atoms with Gasteiger partial charge in [-0.2, -0.15) is 4.98 Å². The van der Waals surface area contributed by atoms with E-state index in [2.05, 4.69) is 4.98 Å². The van der Waals surface area contributed by atoms with Crippen molar-refractivity contribution in [1.29, 1.82) is 0 Å². The maximum absolute atomic E-state index is 14.6. The topological polar surface area (TPSA) is 108 Å². The summed E-state index contributed by atoms with van der Waals surface area (Å²) >= 11 is 6.27. The lowest BCUT2D eigenvalue weighted by atomic mass is 10.1. The standard InChI is InChI=1S/C21H24ClFN6O3/c1-2-27-19(31)17-18(29(21(27)32)12-16(24)30)25-20(26-9-4-3-5-10-26)28(17)11-13-14(22)7-6-8-15(13)23/h6-8H,2-5,9-12H2,1H3,(H2,24,30). The zero-order valence-corrected chi connectivity index (χ0v) is 18.4. The number of amides is 1. The van der Waals surface area contributed by atoms with Gasteiger partial charge >= 0.3 is 5.69 Å². The molecule has 0 radical (unpaired) electrons. The van der Waals surface area contributed by atoms with Gasteiger partial charge in [-0.25, -0.2) is 9.18 Å². The van der Waals surface area contributed by atoms with Crippen LogP contribution in [0.1, 0.15) is 31.7 Å². The highest BCUT2D eigenvalue weighted by Crippen LogP contribution is 2.27. The summed E-state index contributed by atoms with van der Waals surface area (Å²) in [5.41, 5.74) is 4.51. The second-order valence-corrected chi connectivity index (χ2v) is 8.21. The number of imidazole rings is 1. The molecule has 9 nitrogen and oxygen atoms in total. The number of hydrogen-bond donors (Lipinski definition) is 1. The van der Waals surface area contributed by atoms with Crippen molar-refractivity contribution in [3.05, 3.63) is 55.4 Å². The Kier molecular flexibility index (Phi) is 6.05. The summed E-state index contributed by atoms with van der Waals surface area (Å²) in [5, 5.41) is 0.220. The predicted molar refractivity (Wildman–Crippen MR) is 120 cm³/mol. The Hall–Kier alpha value is -3.14. The van der Waals surface area contributed by atoms with E-state index >= 15 is 0 Å². The molecule has 2 N–H and O–H groups in total. The SMILES string of the molecule is CCn1c(=O)c2c(nc(N3CCCCC3)n2Cc2c(F)cccc2Cl)n(CC(N)=O)c1=O. The van der Waals surface area contributed by atoms with E-state index in [1.54, 1.807) is 17.6 Å². The number of primary amides is 1. The third-order valence-electron chi connectivity index (χ3n) is 5.74. The first-order valence-electron chi connectivity index (χ1n) is 10.5. The number of fused-ring (bicyclic) bond motifs is 1. The van der Waals surface area contributed by atoms with E-state index < -0.39 is 29.5 Å². The number of benzene rings is 1. The van der Waals surface area contributed by atoms with Gasteiger partial charge in [0.1, 0.15) is 12.4 Å². The van der Waals surface area contributed by atoms with E-state index in [-0.39, 0.29) is 34.8 Å². The molecule has 0 aliphatic carbocycles. The smallest absolute Gasteiger partial charge is 0.333 e. The average molecular weight is 463 g/mol. The van der Waals surface area contributed by atoms with Crippen LogP contribution in [-0.4, -0.2) is 37.7 Å². The van der Waals surface area contributed by atoms with E-state index in [0.717, 1.165) is 28.4 Å². The monoisotopic (exact) mass is 462 g/mol. The minimum atomic E-state index is -0.735. The largest absolute Gasteiger partial charge is 0.368 e. The van der Waals surface area contributed by atoms with Crippen molar-refractivity contribution in [2.75, 3.05) is 18.0 Å². The number of hydrogen-bond acceptors (Lipinski definition) is 5. The summed E-state index contributed by atoms with van der Waals surface area (Å²) in [7, 11) is 0. The molecule has 1 aliphatic heterocycles. The number of nitrogens with two attached hydrogens (primary N) is 1. The number of carbonyl (C=O) groups excluding carboxylic acids is 1. The Morgan fingerprint density at radius 1 is 1.16 bits per heavy atom. The van der Waals surface area contributed by atoms with Crippen molar-refractivity contribution in [1.82, 2.24) is 18.7 Å². The highest BCUT2D eigenvalue weighted by molar-refractivity contribution is 6.31. The molecule has 1 fully saturated rings.